The number of alkyl halides is 5. The monoisotopic (exact) mass is 318 g/mol. The van der Waals surface area contributed by atoms with Gasteiger partial charge in [-0.2, -0.15) is 27.2 Å². The van der Waals surface area contributed by atoms with Crippen molar-refractivity contribution in [1.29, 1.82) is 5.26 Å². The van der Waals surface area contributed by atoms with Gasteiger partial charge in [0.25, 0.3) is 0 Å². The predicted molar refractivity (Wildman–Crippen MR) is 66.4 cm³/mol. The summed E-state index contributed by atoms with van der Waals surface area (Å²) < 4.78 is 64.2. The summed E-state index contributed by atoms with van der Waals surface area (Å²) in [6, 6.07) is 1.76. The molecule has 0 N–H and O–H groups in total. The van der Waals surface area contributed by atoms with Gasteiger partial charge < -0.3 is 0 Å². The highest BCUT2D eigenvalue weighted by Gasteiger charge is 2.56. The Labute approximate surface area is 122 Å². The molecule has 2 aromatic rings. The molecule has 0 amide bonds. The minimum absolute atomic E-state index is 0.0531. The number of nitrogens with zero attached hydrogens (tertiary/aromatic N) is 4. The zero-order valence-corrected chi connectivity index (χ0v) is 11.5. The van der Waals surface area contributed by atoms with Crippen LogP contribution in [0.4, 0.5) is 22.0 Å². The molecule has 2 aromatic heterocycles. The van der Waals surface area contributed by atoms with Crippen molar-refractivity contribution < 1.29 is 22.0 Å². The van der Waals surface area contributed by atoms with Gasteiger partial charge in [0.15, 0.2) is 11.3 Å². The van der Waals surface area contributed by atoms with Gasteiger partial charge in [0.1, 0.15) is 6.07 Å². The largest absolute Gasteiger partial charge is 0.453 e. The van der Waals surface area contributed by atoms with Crippen molar-refractivity contribution in [3.63, 3.8) is 0 Å². The lowest BCUT2D eigenvalue weighted by atomic mass is 10.1. The number of aryl methyl sites for hydroxylation is 2. The van der Waals surface area contributed by atoms with Crippen LogP contribution in [0, 0.1) is 11.3 Å². The standard InChI is InChI=1S/C13H11F5N4/c1-2-9-6-20-11-10(21-8(5-19)7-22(9)11)3-4-12(14,15)13(16,17)18/h6-7H,2-4H2,1H3. The van der Waals surface area contributed by atoms with E-state index in [1.807, 2.05) is 6.92 Å². The molecule has 0 aromatic carbocycles. The molecule has 0 saturated heterocycles. The molecule has 0 radical (unpaired) electrons. The third kappa shape index (κ3) is 2.86. The minimum atomic E-state index is -5.61. The van der Waals surface area contributed by atoms with Crippen LogP contribution < -0.4 is 0 Å². The summed E-state index contributed by atoms with van der Waals surface area (Å²) in [4.78, 5) is 7.80. The van der Waals surface area contributed by atoms with Gasteiger partial charge >= 0.3 is 12.1 Å². The maximum Gasteiger partial charge on any atom is 0.453 e. The first kappa shape index (κ1) is 16.1. The fourth-order valence-corrected chi connectivity index (χ4v) is 2.00. The van der Waals surface area contributed by atoms with Crippen LogP contribution >= 0.6 is 0 Å². The SMILES string of the molecule is CCc1cnc2c(CCC(F)(F)C(F)(F)F)nc(C#N)cn12. The Bertz CT molecular complexity index is 726. The van der Waals surface area contributed by atoms with E-state index in [9.17, 15) is 22.0 Å². The Balaban J connectivity index is 2.39. The van der Waals surface area contributed by atoms with E-state index in [0.717, 1.165) is 0 Å². The fourth-order valence-electron chi connectivity index (χ4n) is 2.00. The maximum atomic E-state index is 13.0. The minimum Gasteiger partial charge on any atom is -0.300 e. The summed E-state index contributed by atoms with van der Waals surface area (Å²) in [5.41, 5.74) is 0.778. The summed E-state index contributed by atoms with van der Waals surface area (Å²) in [5.74, 6) is -4.81. The van der Waals surface area contributed by atoms with Gasteiger partial charge in [0.2, 0.25) is 0 Å². The van der Waals surface area contributed by atoms with Crippen molar-refractivity contribution in [3.05, 3.63) is 29.5 Å². The summed E-state index contributed by atoms with van der Waals surface area (Å²) in [5, 5.41) is 8.91. The molecular formula is C13H11F5N4. The van der Waals surface area contributed by atoms with Gasteiger partial charge in [0.05, 0.1) is 5.69 Å². The maximum absolute atomic E-state index is 13.0. The number of aromatic nitrogens is 3. The van der Waals surface area contributed by atoms with E-state index in [-0.39, 0.29) is 17.0 Å². The molecule has 22 heavy (non-hydrogen) atoms. The highest BCUT2D eigenvalue weighted by atomic mass is 19.4. The smallest absolute Gasteiger partial charge is 0.300 e. The number of nitriles is 1. The number of fused-ring (bicyclic) bond motifs is 1. The molecule has 0 spiro atoms. The van der Waals surface area contributed by atoms with Crippen LogP contribution in [0.25, 0.3) is 5.65 Å². The van der Waals surface area contributed by atoms with Crippen molar-refractivity contribution in [2.45, 2.75) is 38.3 Å². The second-order valence-electron chi connectivity index (χ2n) is 4.68. The predicted octanol–water partition coefficient (Wildman–Crippen LogP) is 3.29. The molecule has 0 atom stereocenters. The van der Waals surface area contributed by atoms with Crippen LogP contribution in [0.15, 0.2) is 12.4 Å². The van der Waals surface area contributed by atoms with E-state index in [1.165, 1.54) is 16.8 Å². The van der Waals surface area contributed by atoms with Gasteiger partial charge in [-0.25, -0.2) is 9.97 Å². The van der Waals surface area contributed by atoms with Crippen LogP contribution in [-0.4, -0.2) is 26.5 Å². The zero-order valence-electron chi connectivity index (χ0n) is 11.5. The Hall–Kier alpha value is -2.24. The zero-order chi connectivity index (χ0) is 16.5. The van der Waals surface area contributed by atoms with E-state index in [1.54, 1.807) is 6.07 Å². The topological polar surface area (TPSA) is 54.0 Å². The molecule has 0 aliphatic rings. The van der Waals surface area contributed by atoms with Crippen molar-refractivity contribution in [3.8, 4) is 6.07 Å². The molecule has 4 nitrogen and oxygen atoms in total. The Morgan fingerprint density at radius 2 is 1.95 bits per heavy atom. The second-order valence-corrected chi connectivity index (χ2v) is 4.68. The highest BCUT2D eigenvalue weighted by molar-refractivity contribution is 5.47. The first-order chi connectivity index (χ1) is 10.2. The number of rotatable bonds is 4. The van der Waals surface area contributed by atoms with Crippen LogP contribution in [0.2, 0.25) is 0 Å². The first-order valence-corrected chi connectivity index (χ1v) is 6.40. The number of hydrogen-bond acceptors (Lipinski definition) is 3. The van der Waals surface area contributed by atoms with Gasteiger partial charge in [-0.3, -0.25) is 4.40 Å². The third-order valence-electron chi connectivity index (χ3n) is 3.21. The van der Waals surface area contributed by atoms with E-state index in [0.29, 0.717) is 12.1 Å². The van der Waals surface area contributed by atoms with Crippen molar-refractivity contribution in [2.75, 3.05) is 0 Å². The molecule has 0 aliphatic carbocycles. The number of halogens is 5. The number of imidazole rings is 1. The molecule has 0 aliphatic heterocycles. The molecule has 118 valence electrons. The third-order valence-corrected chi connectivity index (χ3v) is 3.21. The molecule has 0 fully saturated rings. The van der Waals surface area contributed by atoms with Crippen LogP contribution in [0.3, 0.4) is 0 Å². The fraction of sp³-hybridized carbons (Fsp3) is 0.462. The molecule has 0 unspecified atom stereocenters. The van der Waals surface area contributed by atoms with E-state index in [2.05, 4.69) is 9.97 Å². The Morgan fingerprint density at radius 1 is 1.27 bits per heavy atom. The molecule has 2 rings (SSSR count). The normalized spacial score (nSPS) is 12.6. The Morgan fingerprint density at radius 3 is 2.50 bits per heavy atom. The summed E-state index contributed by atoms with van der Waals surface area (Å²) >= 11 is 0. The Kier molecular flexibility index (Phi) is 4.04. The van der Waals surface area contributed by atoms with E-state index < -0.39 is 24.9 Å². The van der Waals surface area contributed by atoms with Crippen molar-refractivity contribution in [1.82, 2.24) is 14.4 Å². The highest BCUT2D eigenvalue weighted by Crippen LogP contribution is 2.38. The van der Waals surface area contributed by atoms with E-state index >= 15 is 0 Å². The van der Waals surface area contributed by atoms with Crippen molar-refractivity contribution >= 4 is 5.65 Å². The lowest BCUT2D eigenvalue weighted by Crippen LogP contribution is -2.36. The summed E-state index contributed by atoms with van der Waals surface area (Å²) in [6.45, 7) is 1.83. The second kappa shape index (κ2) is 5.51. The average molecular weight is 318 g/mol. The van der Waals surface area contributed by atoms with Gasteiger partial charge in [-0.15, -0.1) is 0 Å². The number of hydrogen-bond donors (Lipinski definition) is 0. The van der Waals surface area contributed by atoms with Gasteiger partial charge in [-0.1, -0.05) is 6.92 Å². The molecule has 2 heterocycles. The average Bonchev–Trinajstić information content (AvgIpc) is 2.86. The van der Waals surface area contributed by atoms with Crippen LogP contribution in [0.5, 0.6) is 0 Å². The lowest BCUT2D eigenvalue weighted by Gasteiger charge is -2.19. The van der Waals surface area contributed by atoms with E-state index in [4.69, 9.17) is 5.26 Å². The molecular weight excluding hydrogens is 307 g/mol. The van der Waals surface area contributed by atoms with Crippen molar-refractivity contribution in [2.24, 2.45) is 0 Å². The van der Waals surface area contributed by atoms with Gasteiger partial charge in [0, 0.05) is 24.5 Å². The summed E-state index contributed by atoms with van der Waals surface area (Å²) in [6.07, 6.45) is -4.27. The first-order valence-electron chi connectivity index (χ1n) is 6.40. The van der Waals surface area contributed by atoms with Gasteiger partial charge in [-0.05, 0) is 12.8 Å². The molecule has 9 heteroatoms. The van der Waals surface area contributed by atoms with Crippen LogP contribution in [0.1, 0.15) is 30.4 Å². The molecule has 0 bridgehead atoms. The molecule has 0 saturated carbocycles. The quantitative estimate of drug-likeness (QED) is 0.813. The lowest BCUT2D eigenvalue weighted by molar-refractivity contribution is -0.284. The summed E-state index contributed by atoms with van der Waals surface area (Å²) in [7, 11) is 0. The van der Waals surface area contributed by atoms with Crippen LogP contribution in [-0.2, 0) is 12.8 Å².